The molecule has 1 unspecified atom stereocenters. The van der Waals surface area contributed by atoms with E-state index in [2.05, 4.69) is 5.32 Å². The molecule has 2 N–H and O–H groups in total. The number of amides is 1. The van der Waals surface area contributed by atoms with Gasteiger partial charge in [-0.3, -0.25) is 9.59 Å². The minimum Gasteiger partial charge on any atom is -0.481 e. The van der Waals surface area contributed by atoms with Gasteiger partial charge in [0.1, 0.15) is 5.82 Å². The van der Waals surface area contributed by atoms with Crippen molar-refractivity contribution in [3.05, 3.63) is 34.6 Å². The maximum Gasteiger partial charge on any atom is 0.308 e. The van der Waals surface area contributed by atoms with Gasteiger partial charge in [0.25, 0.3) is 5.91 Å². The van der Waals surface area contributed by atoms with Crippen LogP contribution in [0.15, 0.2) is 18.2 Å². The molecule has 1 aromatic carbocycles. The van der Waals surface area contributed by atoms with Crippen molar-refractivity contribution in [3.8, 4) is 0 Å². The highest BCUT2D eigenvalue weighted by atomic mass is 35.5. The summed E-state index contributed by atoms with van der Waals surface area (Å²) in [6, 6.07) is 3.92. The Bertz CT molecular complexity index is 540. The number of benzene rings is 1. The van der Waals surface area contributed by atoms with Crippen molar-refractivity contribution in [2.45, 2.75) is 27.2 Å². The summed E-state index contributed by atoms with van der Waals surface area (Å²) in [4.78, 5) is 23.2. The molecule has 0 radical (unpaired) electrons. The first-order chi connectivity index (χ1) is 9.61. The van der Waals surface area contributed by atoms with E-state index in [4.69, 9.17) is 11.6 Å². The van der Waals surface area contributed by atoms with Crippen LogP contribution in [0.4, 0.5) is 4.39 Å². The van der Waals surface area contributed by atoms with E-state index in [9.17, 15) is 19.1 Å². The van der Waals surface area contributed by atoms with Crippen LogP contribution in [0.2, 0.25) is 5.02 Å². The molecular weight excluding hydrogens is 297 g/mol. The van der Waals surface area contributed by atoms with Gasteiger partial charge in [-0.2, -0.15) is 0 Å². The predicted molar refractivity (Wildman–Crippen MR) is 78.9 cm³/mol. The lowest BCUT2D eigenvalue weighted by molar-refractivity contribution is -0.142. The molecule has 0 aliphatic heterocycles. The van der Waals surface area contributed by atoms with Crippen molar-refractivity contribution >= 4 is 23.5 Å². The van der Waals surface area contributed by atoms with Gasteiger partial charge in [-0.25, -0.2) is 4.39 Å². The maximum atomic E-state index is 13.3. The average molecular weight is 316 g/mol. The van der Waals surface area contributed by atoms with Crippen LogP contribution in [0.5, 0.6) is 0 Å². The largest absolute Gasteiger partial charge is 0.481 e. The van der Waals surface area contributed by atoms with Gasteiger partial charge < -0.3 is 10.4 Å². The van der Waals surface area contributed by atoms with Gasteiger partial charge in [-0.1, -0.05) is 38.4 Å². The molecule has 0 aliphatic rings. The van der Waals surface area contributed by atoms with Crippen LogP contribution in [-0.4, -0.2) is 23.5 Å². The molecule has 1 amide bonds. The number of halogens is 2. The molecular formula is C15H19ClFNO3. The van der Waals surface area contributed by atoms with Crippen molar-refractivity contribution < 1.29 is 19.1 Å². The molecule has 0 heterocycles. The van der Waals surface area contributed by atoms with Gasteiger partial charge in [-0.15, -0.1) is 0 Å². The molecule has 0 bridgehead atoms. The maximum absolute atomic E-state index is 13.3. The van der Waals surface area contributed by atoms with E-state index < -0.39 is 23.6 Å². The number of hydrogen-bond donors (Lipinski definition) is 2. The highest BCUT2D eigenvalue weighted by molar-refractivity contribution is 6.34. The zero-order valence-corrected chi connectivity index (χ0v) is 13.0. The zero-order chi connectivity index (χ0) is 16.2. The second-order valence-corrected chi connectivity index (χ2v) is 6.49. The lowest BCUT2D eigenvalue weighted by Crippen LogP contribution is -2.35. The number of rotatable bonds is 5. The third-order valence-corrected chi connectivity index (χ3v) is 3.30. The second kappa shape index (κ2) is 6.89. The van der Waals surface area contributed by atoms with E-state index in [-0.39, 0.29) is 22.5 Å². The molecule has 1 aromatic rings. The highest BCUT2D eigenvalue weighted by Crippen LogP contribution is 2.24. The van der Waals surface area contributed by atoms with Crippen molar-refractivity contribution in [3.63, 3.8) is 0 Å². The van der Waals surface area contributed by atoms with Gasteiger partial charge in [0.05, 0.1) is 16.5 Å². The minimum absolute atomic E-state index is 0.00318. The Kier molecular flexibility index (Phi) is 5.72. The van der Waals surface area contributed by atoms with Crippen LogP contribution in [0.25, 0.3) is 0 Å². The summed E-state index contributed by atoms with van der Waals surface area (Å²) in [5.74, 6) is -2.95. The van der Waals surface area contributed by atoms with E-state index in [0.717, 1.165) is 6.07 Å². The van der Waals surface area contributed by atoms with Crippen LogP contribution in [0.1, 0.15) is 37.6 Å². The van der Waals surface area contributed by atoms with Crippen molar-refractivity contribution in [2.24, 2.45) is 11.3 Å². The van der Waals surface area contributed by atoms with Crippen molar-refractivity contribution in [1.29, 1.82) is 0 Å². The van der Waals surface area contributed by atoms with Gasteiger partial charge in [-0.05, 0) is 24.0 Å². The highest BCUT2D eigenvalue weighted by Gasteiger charge is 2.25. The Morgan fingerprint density at radius 1 is 1.38 bits per heavy atom. The van der Waals surface area contributed by atoms with E-state index in [1.807, 2.05) is 20.8 Å². The molecule has 1 atom stereocenters. The fourth-order valence-corrected chi connectivity index (χ4v) is 2.19. The fourth-order valence-electron chi connectivity index (χ4n) is 1.98. The summed E-state index contributed by atoms with van der Waals surface area (Å²) in [7, 11) is 0. The third-order valence-electron chi connectivity index (χ3n) is 2.91. The monoisotopic (exact) mass is 315 g/mol. The molecule has 0 spiro atoms. The molecule has 116 valence electrons. The van der Waals surface area contributed by atoms with Crippen LogP contribution in [0, 0.1) is 17.2 Å². The van der Waals surface area contributed by atoms with E-state index in [1.165, 1.54) is 12.1 Å². The van der Waals surface area contributed by atoms with E-state index in [0.29, 0.717) is 6.42 Å². The fraction of sp³-hybridized carbons (Fsp3) is 0.467. The summed E-state index contributed by atoms with van der Waals surface area (Å²) in [5, 5.41) is 11.4. The molecule has 1 rings (SSSR count). The van der Waals surface area contributed by atoms with Crippen LogP contribution in [0.3, 0.4) is 0 Å². The normalized spacial score (nSPS) is 12.8. The summed E-state index contributed by atoms with van der Waals surface area (Å²) in [5.41, 5.74) is -0.179. The smallest absolute Gasteiger partial charge is 0.308 e. The summed E-state index contributed by atoms with van der Waals surface area (Å²) >= 11 is 5.72. The molecule has 21 heavy (non-hydrogen) atoms. The Hall–Kier alpha value is -1.62. The number of nitrogens with one attached hydrogen (secondary N) is 1. The minimum atomic E-state index is -0.976. The predicted octanol–water partition coefficient (Wildman–Crippen LogP) is 3.35. The number of carboxylic acid groups (broad SMARTS) is 1. The number of hydrogen-bond acceptors (Lipinski definition) is 2. The molecule has 0 saturated carbocycles. The van der Waals surface area contributed by atoms with Crippen LogP contribution < -0.4 is 5.32 Å². The third kappa shape index (κ3) is 5.34. The SMILES string of the molecule is CC(C)(C)CC(CNC(=O)c1cccc(F)c1Cl)C(=O)O. The lowest BCUT2D eigenvalue weighted by atomic mass is 9.84. The van der Waals surface area contributed by atoms with Gasteiger partial charge in [0.15, 0.2) is 0 Å². The first kappa shape index (κ1) is 17.4. The number of carbonyl (C=O) groups is 2. The summed E-state index contributed by atoms with van der Waals surface area (Å²) < 4.78 is 13.3. The summed E-state index contributed by atoms with van der Waals surface area (Å²) in [6.07, 6.45) is 0.416. The lowest BCUT2D eigenvalue weighted by Gasteiger charge is -2.23. The number of aliphatic carboxylic acids is 1. The van der Waals surface area contributed by atoms with Gasteiger partial charge in [0, 0.05) is 6.54 Å². The van der Waals surface area contributed by atoms with Crippen molar-refractivity contribution in [2.75, 3.05) is 6.54 Å². The van der Waals surface area contributed by atoms with Crippen LogP contribution >= 0.6 is 11.6 Å². The quantitative estimate of drug-likeness (QED) is 0.875. The van der Waals surface area contributed by atoms with E-state index in [1.54, 1.807) is 0 Å². The molecule has 0 fully saturated rings. The van der Waals surface area contributed by atoms with E-state index >= 15 is 0 Å². The molecule has 6 heteroatoms. The molecule has 4 nitrogen and oxygen atoms in total. The van der Waals surface area contributed by atoms with Crippen molar-refractivity contribution in [1.82, 2.24) is 5.32 Å². The first-order valence-electron chi connectivity index (χ1n) is 6.57. The zero-order valence-electron chi connectivity index (χ0n) is 12.2. The Labute approximate surface area is 128 Å². The van der Waals surface area contributed by atoms with Gasteiger partial charge in [0.2, 0.25) is 0 Å². The molecule has 0 saturated heterocycles. The Balaban J connectivity index is 2.74. The second-order valence-electron chi connectivity index (χ2n) is 6.11. The van der Waals surface area contributed by atoms with Crippen LogP contribution in [-0.2, 0) is 4.79 Å². The summed E-state index contributed by atoms with van der Waals surface area (Å²) in [6.45, 7) is 5.74. The standard InChI is InChI=1S/C15H19ClFNO3/c1-15(2,3)7-9(14(20)21)8-18-13(19)10-5-4-6-11(17)12(10)16/h4-6,9H,7-8H2,1-3H3,(H,18,19)(H,20,21). The number of carbonyl (C=O) groups excluding carboxylic acids is 1. The Morgan fingerprint density at radius 3 is 2.52 bits per heavy atom. The number of carboxylic acids is 1. The average Bonchev–Trinajstić information content (AvgIpc) is 2.35. The topological polar surface area (TPSA) is 66.4 Å². The molecule has 0 aliphatic carbocycles. The first-order valence-corrected chi connectivity index (χ1v) is 6.94. The van der Waals surface area contributed by atoms with Gasteiger partial charge >= 0.3 is 5.97 Å². The Morgan fingerprint density at radius 2 is 2.00 bits per heavy atom. The molecule has 0 aromatic heterocycles.